The molecule has 1 aromatic heterocycles. The van der Waals surface area contributed by atoms with E-state index >= 15 is 0 Å². The van der Waals surface area contributed by atoms with Crippen molar-refractivity contribution in [2.24, 2.45) is 11.7 Å². The van der Waals surface area contributed by atoms with Crippen LogP contribution in [0.2, 0.25) is 18.1 Å². The van der Waals surface area contributed by atoms with Crippen LogP contribution in [-0.4, -0.2) is 24.6 Å². The lowest BCUT2D eigenvalue weighted by Crippen LogP contribution is -2.46. The molecule has 0 aromatic carbocycles. The van der Waals surface area contributed by atoms with Crippen molar-refractivity contribution in [3.8, 4) is 0 Å². The SMILES string of the molecule is CC(C)(C)[Si](C)(C)O[C@@H](c1ccn[nH]1)[C@@H](N)CC1CCCCC1. The van der Waals surface area contributed by atoms with Gasteiger partial charge in [0.25, 0.3) is 0 Å². The molecule has 2 rings (SSSR count). The largest absolute Gasteiger partial charge is 0.407 e. The van der Waals surface area contributed by atoms with E-state index in [0.29, 0.717) is 0 Å². The van der Waals surface area contributed by atoms with E-state index in [4.69, 9.17) is 10.2 Å². The Morgan fingerprint density at radius 2 is 1.96 bits per heavy atom. The lowest BCUT2D eigenvalue weighted by molar-refractivity contribution is 0.131. The van der Waals surface area contributed by atoms with E-state index in [-0.39, 0.29) is 17.2 Å². The number of nitrogens with two attached hydrogens (primary N) is 1. The minimum absolute atomic E-state index is 0.0349. The molecule has 5 heteroatoms. The van der Waals surface area contributed by atoms with E-state index in [0.717, 1.165) is 18.0 Å². The standard InChI is InChI=1S/C18H35N3OSi/c1-18(2,3)23(4,5)22-17(16-11-12-20-21-16)15(19)13-14-9-7-6-8-10-14/h11-12,14-15,17H,6-10,13,19H2,1-5H3,(H,20,21)/t15-,17+/m0/s1. The maximum Gasteiger partial charge on any atom is 0.193 e. The summed E-state index contributed by atoms with van der Waals surface area (Å²) in [5.74, 6) is 0.757. The van der Waals surface area contributed by atoms with E-state index in [1.54, 1.807) is 6.20 Å². The second-order valence-electron chi connectivity index (χ2n) is 8.71. The molecular formula is C18H35N3OSi. The summed E-state index contributed by atoms with van der Waals surface area (Å²) >= 11 is 0. The first-order valence-electron chi connectivity index (χ1n) is 9.13. The normalized spacial score (nSPS) is 20.4. The Hall–Kier alpha value is -0.653. The van der Waals surface area contributed by atoms with Gasteiger partial charge in [-0.1, -0.05) is 52.9 Å². The number of H-pyrrole nitrogens is 1. The molecule has 1 aromatic rings. The zero-order valence-electron chi connectivity index (χ0n) is 15.6. The van der Waals surface area contributed by atoms with Gasteiger partial charge in [-0.2, -0.15) is 5.10 Å². The molecule has 0 aliphatic heterocycles. The summed E-state index contributed by atoms with van der Waals surface area (Å²) < 4.78 is 6.69. The van der Waals surface area contributed by atoms with Gasteiger partial charge in [0.15, 0.2) is 8.32 Å². The highest BCUT2D eigenvalue weighted by Crippen LogP contribution is 2.41. The molecule has 0 bridgehead atoms. The van der Waals surface area contributed by atoms with Crippen LogP contribution in [0.5, 0.6) is 0 Å². The molecule has 23 heavy (non-hydrogen) atoms. The van der Waals surface area contributed by atoms with Crippen LogP contribution >= 0.6 is 0 Å². The van der Waals surface area contributed by atoms with Crippen molar-refractivity contribution in [1.29, 1.82) is 0 Å². The van der Waals surface area contributed by atoms with Crippen LogP contribution < -0.4 is 5.73 Å². The van der Waals surface area contributed by atoms with E-state index in [1.807, 2.05) is 6.07 Å². The van der Waals surface area contributed by atoms with Gasteiger partial charge in [-0.3, -0.25) is 5.10 Å². The van der Waals surface area contributed by atoms with Gasteiger partial charge in [0.1, 0.15) is 6.10 Å². The van der Waals surface area contributed by atoms with Crippen molar-refractivity contribution in [2.75, 3.05) is 0 Å². The lowest BCUT2D eigenvalue weighted by Gasteiger charge is -2.41. The first-order valence-corrected chi connectivity index (χ1v) is 12.0. The molecule has 0 unspecified atom stereocenters. The number of aromatic nitrogens is 2. The van der Waals surface area contributed by atoms with Gasteiger partial charge in [-0.15, -0.1) is 0 Å². The van der Waals surface area contributed by atoms with Crippen LogP contribution in [0.25, 0.3) is 0 Å². The molecule has 0 amide bonds. The van der Waals surface area contributed by atoms with Gasteiger partial charge in [0.05, 0.1) is 5.69 Å². The monoisotopic (exact) mass is 337 g/mol. The van der Waals surface area contributed by atoms with Gasteiger partial charge >= 0.3 is 0 Å². The lowest BCUT2D eigenvalue weighted by atomic mass is 9.83. The highest BCUT2D eigenvalue weighted by molar-refractivity contribution is 6.74. The van der Waals surface area contributed by atoms with Crippen LogP contribution in [0.3, 0.4) is 0 Å². The molecule has 1 fully saturated rings. The fourth-order valence-corrected chi connectivity index (χ4v) is 4.52. The maximum absolute atomic E-state index is 6.69. The highest BCUT2D eigenvalue weighted by atomic mass is 28.4. The smallest absolute Gasteiger partial charge is 0.193 e. The summed E-state index contributed by atoms with van der Waals surface area (Å²) in [5.41, 5.74) is 7.67. The highest BCUT2D eigenvalue weighted by Gasteiger charge is 2.41. The zero-order valence-corrected chi connectivity index (χ0v) is 16.6. The minimum atomic E-state index is -1.88. The number of hydrogen-bond donors (Lipinski definition) is 2. The van der Waals surface area contributed by atoms with Crippen LogP contribution in [0.1, 0.15) is 71.1 Å². The van der Waals surface area contributed by atoms with E-state index in [2.05, 4.69) is 44.1 Å². The fourth-order valence-electron chi connectivity index (χ4n) is 3.23. The van der Waals surface area contributed by atoms with Crippen molar-refractivity contribution < 1.29 is 4.43 Å². The van der Waals surface area contributed by atoms with Gasteiger partial charge < -0.3 is 10.2 Å². The molecule has 4 nitrogen and oxygen atoms in total. The zero-order chi connectivity index (χ0) is 17.1. The van der Waals surface area contributed by atoms with Crippen molar-refractivity contribution in [3.63, 3.8) is 0 Å². The number of nitrogens with zero attached hydrogens (tertiary/aromatic N) is 1. The molecule has 1 heterocycles. The molecule has 0 radical (unpaired) electrons. The number of aromatic amines is 1. The Morgan fingerprint density at radius 3 is 2.48 bits per heavy atom. The molecule has 1 aliphatic rings. The molecule has 0 spiro atoms. The average Bonchev–Trinajstić information content (AvgIpc) is 2.98. The van der Waals surface area contributed by atoms with E-state index in [9.17, 15) is 0 Å². The topological polar surface area (TPSA) is 63.9 Å². The van der Waals surface area contributed by atoms with Crippen molar-refractivity contribution in [3.05, 3.63) is 18.0 Å². The van der Waals surface area contributed by atoms with Gasteiger partial charge in [0.2, 0.25) is 0 Å². The maximum atomic E-state index is 6.69. The van der Waals surface area contributed by atoms with Crippen molar-refractivity contribution in [2.45, 2.75) is 89.6 Å². The van der Waals surface area contributed by atoms with Crippen molar-refractivity contribution >= 4 is 8.32 Å². The number of rotatable bonds is 6. The molecular weight excluding hydrogens is 302 g/mol. The Bertz CT molecular complexity index is 461. The van der Waals surface area contributed by atoms with Crippen molar-refractivity contribution in [1.82, 2.24) is 10.2 Å². The average molecular weight is 338 g/mol. The Kier molecular flexibility index (Phi) is 6.08. The van der Waals surface area contributed by atoms with Crippen LogP contribution in [0.15, 0.2) is 12.3 Å². The molecule has 1 aliphatic carbocycles. The number of nitrogens with one attached hydrogen (secondary N) is 1. The van der Waals surface area contributed by atoms with Crippen LogP contribution in [-0.2, 0) is 4.43 Å². The van der Waals surface area contributed by atoms with Gasteiger partial charge in [-0.05, 0) is 36.5 Å². The summed E-state index contributed by atoms with van der Waals surface area (Å²) in [7, 11) is -1.88. The predicted octanol–water partition coefficient (Wildman–Crippen LogP) is 4.77. The number of hydrogen-bond acceptors (Lipinski definition) is 3. The van der Waals surface area contributed by atoms with Crippen LogP contribution in [0.4, 0.5) is 0 Å². The third-order valence-corrected chi connectivity index (χ3v) is 10.2. The molecule has 3 N–H and O–H groups in total. The Labute approximate surface area is 142 Å². The van der Waals surface area contributed by atoms with Crippen LogP contribution in [0, 0.1) is 5.92 Å². The molecule has 2 atom stereocenters. The molecule has 0 saturated heterocycles. The predicted molar refractivity (Wildman–Crippen MR) is 98.8 cm³/mol. The van der Waals surface area contributed by atoms with Gasteiger partial charge in [0, 0.05) is 12.2 Å². The summed E-state index contributed by atoms with van der Waals surface area (Å²) in [6, 6.07) is 2.05. The fraction of sp³-hybridized carbons (Fsp3) is 0.833. The molecule has 132 valence electrons. The quantitative estimate of drug-likeness (QED) is 0.735. The summed E-state index contributed by atoms with van der Waals surface area (Å²) in [4.78, 5) is 0. The third-order valence-electron chi connectivity index (χ3n) is 5.78. The third kappa shape index (κ3) is 4.91. The Morgan fingerprint density at radius 1 is 1.30 bits per heavy atom. The summed E-state index contributed by atoms with van der Waals surface area (Å²) in [6.07, 6.45) is 9.52. The molecule has 1 saturated carbocycles. The second-order valence-corrected chi connectivity index (χ2v) is 13.5. The van der Waals surface area contributed by atoms with Gasteiger partial charge in [-0.25, -0.2) is 0 Å². The first kappa shape index (κ1) is 18.7. The van der Waals surface area contributed by atoms with E-state index in [1.165, 1.54) is 32.1 Å². The summed E-state index contributed by atoms with van der Waals surface area (Å²) in [6.45, 7) is 11.4. The first-order chi connectivity index (χ1) is 10.7. The van der Waals surface area contributed by atoms with E-state index < -0.39 is 8.32 Å². The Balaban J connectivity index is 2.11. The second kappa shape index (κ2) is 7.49. The summed E-state index contributed by atoms with van der Waals surface area (Å²) in [5, 5.41) is 7.39. The minimum Gasteiger partial charge on any atom is -0.407 e.